The van der Waals surface area contributed by atoms with Gasteiger partial charge >= 0.3 is 0 Å². The number of nitrogens with one attached hydrogen (secondary N) is 1. The summed E-state index contributed by atoms with van der Waals surface area (Å²) in [6, 6.07) is 4.67. The highest BCUT2D eigenvalue weighted by Crippen LogP contribution is 2.31. The molecule has 0 amide bonds. The van der Waals surface area contributed by atoms with Crippen LogP contribution in [0.15, 0.2) is 28.7 Å². The number of hydrogen-bond acceptors (Lipinski definition) is 2. The topological polar surface area (TPSA) is 25.2 Å². The minimum absolute atomic E-state index is 0.112. The molecule has 2 nitrogen and oxygen atoms in total. The molecule has 0 spiro atoms. The first-order chi connectivity index (χ1) is 8.52. The van der Waals surface area contributed by atoms with Crippen molar-refractivity contribution in [3.8, 4) is 0 Å². The summed E-state index contributed by atoms with van der Waals surface area (Å²) in [6.07, 6.45) is 0. The minimum Gasteiger partial charge on any atom is -0.448 e. The molecular formula is C12H9Cl2F2NO. The largest absolute Gasteiger partial charge is 0.448 e. The molecule has 2 aromatic rings. The molecule has 0 saturated carbocycles. The van der Waals surface area contributed by atoms with E-state index in [4.69, 9.17) is 27.6 Å². The molecule has 1 aromatic carbocycles. The Morgan fingerprint density at radius 3 is 2.39 bits per heavy atom. The van der Waals surface area contributed by atoms with E-state index < -0.39 is 17.7 Å². The summed E-state index contributed by atoms with van der Waals surface area (Å²) in [4.78, 5) is 0. The van der Waals surface area contributed by atoms with Gasteiger partial charge in [0.2, 0.25) is 0 Å². The molecule has 18 heavy (non-hydrogen) atoms. The van der Waals surface area contributed by atoms with Crippen LogP contribution in [0.2, 0.25) is 10.2 Å². The second-order valence-electron chi connectivity index (χ2n) is 3.65. The lowest BCUT2D eigenvalue weighted by molar-refractivity contribution is 0.460. The van der Waals surface area contributed by atoms with E-state index in [1.807, 2.05) is 0 Å². The molecule has 0 bridgehead atoms. The Morgan fingerprint density at radius 1 is 1.17 bits per heavy atom. The van der Waals surface area contributed by atoms with E-state index >= 15 is 0 Å². The van der Waals surface area contributed by atoms with E-state index in [2.05, 4.69) is 5.32 Å². The maximum atomic E-state index is 13.3. The molecule has 6 heteroatoms. The first-order valence-corrected chi connectivity index (χ1v) is 5.85. The molecule has 0 radical (unpaired) electrons. The Kier molecular flexibility index (Phi) is 3.90. The molecule has 1 heterocycles. The van der Waals surface area contributed by atoms with Crippen LogP contribution in [0.1, 0.15) is 17.4 Å². The maximum absolute atomic E-state index is 13.3. The van der Waals surface area contributed by atoms with Gasteiger partial charge < -0.3 is 9.73 Å². The summed E-state index contributed by atoms with van der Waals surface area (Å²) < 4.78 is 31.5. The Balaban J connectivity index is 2.48. The predicted molar refractivity (Wildman–Crippen MR) is 66.0 cm³/mol. The number of rotatable bonds is 3. The lowest BCUT2D eigenvalue weighted by atomic mass is 10.0. The minimum atomic E-state index is -0.990. The van der Waals surface area contributed by atoms with Gasteiger partial charge in [0.15, 0.2) is 16.9 Å². The average molecular weight is 292 g/mol. The molecule has 1 N–H and O–H groups in total. The average Bonchev–Trinajstić information content (AvgIpc) is 2.73. The van der Waals surface area contributed by atoms with Crippen LogP contribution in [-0.2, 0) is 0 Å². The molecule has 0 fully saturated rings. The van der Waals surface area contributed by atoms with E-state index in [0.29, 0.717) is 11.3 Å². The highest BCUT2D eigenvalue weighted by atomic mass is 35.5. The fourth-order valence-electron chi connectivity index (χ4n) is 1.69. The van der Waals surface area contributed by atoms with Crippen molar-refractivity contribution in [1.29, 1.82) is 0 Å². The zero-order chi connectivity index (χ0) is 13.3. The molecule has 0 saturated heterocycles. The monoisotopic (exact) mass is 291 g/mol. The summed E-state index contributed by atoms with van der Waals surface area (Å²) in [5, 5.41) is 3.23. The van der Waals surface area contributed by atoms with Gasteiger partial charge in [0.05, 0.1) is 6.04 Å². The first kappa shape index (κ1) is 13.3. The number of benzene rings is 1. The Bertz CT molecular complexity index is 571. The third kappa shape index (κ3) is 2.51. The lowest BCUT2D eigenvalue weighted by Crippen LogP contribution is -2.18. The maximum Gasteiger partial charge on any atom is 0.193 e. The molecule has 1 atom stereocenters. The third-order valence-electron chi connectivity index (χ3n) is 2.52. The zero-order valence-corrected chi connectivity index (χ0v) is 10.8. The van der Waals surface area contributed by atoms with Crippen LogP contribution in [0.25, 0.3) is 0 Å². The first-order valence-electron chi connectivity index (χ1n) is 5.10. The van der Waals surface area contributed by atoms with Crippen molar-refractivity contribution < 1.29 is 13.2 Å². The number of hydrogen-bond donors (Lipinski definition) is 1. The molecule has 0 aliphatic rings. The van der Waals surface area contributed by atoms with Crippen LogP contribution in [0, 0.1) is 11.6 Å². The van der Waals surface area contributed by atoms with E-state index in [-0.39, 0.29) is 10.2 Å². The van der Waals surface area contributed by atoms with E-state index in [1.165, 1.54) is 0 Å². The van der Waals surface area contributed by atoms with E-state index in [9.17, 15) is 8.78 Å². The number of halogens is 4. The molecule has 1 unspecified atom stereocenters. The van der Waals surface area contributed by atoms with Crippen molar-refractivity contribution >= 4 is 23.2 Å². The summed E-state index contributed by atoms with van der Waals surface area (Å²) in [6.45, 7) is 0. The van der Waals surface area contributed by atoms with Gasteiger partial charge in [-0.25, -0.2) is 8.78 Å². The van der Waals surface area contributed by atoms with Gasteiger partial charge in [-0.1, -0.05) is 11.6 Å². The molecular weight excluding hydrogens is 283 g/mol. The highest BCUT2D eigenvalue weighted by Gasteiger charge is 2.21. The zero-order valence-electron chi connectivity index (χ0n) is 9.31. The molecule has 2 rings (SSSR count). The summed E-state index contributed by atoms with van der Waals surface area (Å²) in [7, 11) is 1.65. The second kappa shape index (κ2) is 5.26. The van der Waals surface area contributed by atoms with Gasteiger partial charge in [-0.2, -0.15) is 0 Å². The van der Waals surface area contributed by atoms with Gasteiger partial charge in [0.25, 0.3) is 0 Å². The highest BCUT2D eigenvalue weighted by molar-refractivity contribution is 6.31. The van der Waals surface area contributed by atoms with Crippen LogP contribution in [-0.4, -0.2) is 7.05 Å². The van der Waals surface area contributed by atoms with Crippen molar-refractivity contribution in [3.05, 3.63) is 57.5 Å². The fraction of sp³-hybridized carbons (Fsp3) is 0.167. The van der Waals surface area contributed by atoms with Gasteiger partial charge in [-0.3, -0.25) is 0 Å². The van der Waals surface area contributed by atoms with E-state index in [1.54, 1.807) is 19.2 Å². The molecule has 0 aliphatic carbocycles. The van der Waals surface area contributed by atoms with Crippen molar-refractivity contribution in [1.82, 2.24) is 5.32 Å². The molecule has 96 valence electrons. The Morgan fingerprint density at radius 2 is 1.83 bits per heavy atom. The smallest absolute Gasteiger partial charge is 0.193 e. The van der Waals surface area contributed by atoms with Crippen LogP contribution in [0.4, 0.5) is 8.78 Å². The number of furan rings is 1. The Hall–Kier alpha value is -1.10. The van der Waals surface area contributed by atoms with E-state index in [0.717, 1.165) is 12.1 Å². The normalized spacial score (nSPS) is 12.7. The van der Waals surface area contributed by atoms with Crippen LogP contribution < -0.4 is 5.32 Å². The van der Waals surface area contributed by atoms with Crippen molar-refractivity contribution in [2.45, 2.75) is 6.04 Å². The van der Waals surface area contributed by atoms with Gasteiger partial charge in [0, 0.05) is 5.02 Å². The summed E-state index contributed by atoms with van der Waals surface area (Å²) in [5.41, 5.74) is 0.379. The van der Waals surface area contributed by atoms with Crippen molar-refractivity contribution in [2.75, 3.05) is 7.05 Å². The SMILES string of the molecule is CNC(c1ccc(Cl)o1)c1cc(F)c(F)cc1Cl. The van der Waals surface area contributed by atoms with Crippen molar-refractivity contribution in [3.63, 3.8) is 0 Å². The van der Waals surface area contributed by atoms with Gasteiger partial charge in [-0.15, -0.1) is 0 Å². The lowest BCUT2D eigenvalue weighted by Gasteiger charge is -2.16. The van der Waals surface area contributed by atoms with Crippen molar-refractivity contribution in [2.24, 2.45) is 0 Å². The summed E-state index contributed by atoms with van der Waals surface area (Å²) >= 11 is 11.6. The summed E-state index contributed by atoms with van der Waals surface area (Å²) in [5.74, 6) is -1.49. The second-order valence-corrected chi connectivity index (χ2v) is 4.43. The molecule has 1 aromatic heterocycles. The van der Waals surface area contributed by atoms with Crippen LogP contribution in [0.5, 0.6) is 0 Å². The van der Waals surface area contributed by atoms with Gasteiger partial charge in [-0.05, 0) is 48.5 Å². The Labute approximate surface area is 113 Å². The van der Waals surface area contributed by atoms with Crippen LogP contribution in [0.3, 0.4) is 0 Å². The third-order valence-corrected chi connectivity index (χ3v) is 3.05. The molecule has 0 aliphatic heterocycles. The quantitative estimate of drug-likeness (QED) is 0.859. The van der Waals surface area contributed by atoms with Gasteiger partial charge in [0.1, 0.15) is 5.76 Å². The van der Waals surface area contributed by atoms with Crippen LogP contribution >= 0.6 is 23.2 Å². The predicted octanol–water partition coefficient (Wildman–Crippen LogP) is 4.17. The fourth-order valence-corrected chi connectivity index (χ4v) is 2.11. The standard InChI is InChI=1S/C12H9Cl2F2NO/c1-17-12(10-2-3-11(14)18-10)6-4-8(15)9(16)5-7(6)13/h2-5,12,17H,1H3.